The molecule has 1 fully saturated rings. The smallest absolute Gasteiger partial charge is 0.152 e. The van der Waals surface area contributed by atoms with Crippen molar-refractivity contribution in [1.29, 1.82) is 0 Å². The lowest BCUT2D eigenvalue weighted by molar-refractivity contribution is -0.108. The van der Waals surface area contributed by atoms with Crippen molar-refractivity contribution in [3.05, 3.63) is 35.5 Å². The maximum Gasteiger partial charge on any atom is 0.152 e. The molecule has 0 saturated carbocycles. The molecule has 1 aromatic carbocycles. The van der Waals surface area contributed by atoms with Crippen LogP contribution in [0.1, 0.15) is 44.2 Å². The first-order chi connectivity index (χ1) is 12.5. The molecule has 1 unspecified atom stereocenters. The maximum atomic E-state index is 5.77. The van der Waals surface area contributed by atoms with Crippen LogP contribution in [0.3, 0.4) is 0 Å². The highest BCUT2D eigenvalue weighted by molar-refractivity contribution is 5.88. The van der Waals surface area contributed by atoms with E-state index in [-0.39, 0.29) is 6.23 Å². The van der Waals surface area contributed by atoms with Gasteiger partial charge in [-0.2, -0.15) is 5.10 Å². The number of hydrogen-bond donors (Lipinski definition) is 2. The van der Waals surface area contributed by atoms with Crippen molar-refractivity contribution < 1.29 is 4.74 Å². The Morgan fingerprint density at radius 3 is 2.88 bits per heavy atom. The minimum Gasteiger partial charge on any atom is -0.388 e. The van der Waals surface area contributed by atoms with E-state index in [0.29, 0.717) is 5.41 Å². The first-order valence-corrected chi connectivity index (χ1v) is 9.57. The highest BCUT2D eigenvalue weighted by atomic mass is 16.5. The first kappa shape index (κ1) is 15.9. The Bertz CT molecular complexity index is 977. The Hall–Kier alpha value is -2.27. The normalized spacial score (nSPS) is 21.4. The lowest BCUT2D eigenvalue weighted by Crippen LogP contribution is -2.30. The van der Waals surface area contributed by atoms with E-state index in [2.05, 4.69) is 53.1 Å². The summed E-state index contributed by atoms with van der Waals surface area (Å²) in [5, 5.41) is 9.46. The molecule has 0 bridgehead atoms. The van der Waals surface area contributed by atoms with Crippen LogP contribution >= 0.6 is 0 Å². The number of nitrogens with one attached hydrogen (secondary N) is 2. The molecule has 5 rings (SSSR count). The zero-order valence-electron chi connectivity index (χ0n) is 15.7. The summed E-state index contributed by atoms with van der Waals surface area (Å²) in [6.07, 6.45) is 4.54. The van der Waals surface area contributed by atoms with Crippen molar-refractivity contribution in [2.75, 3.05) is 19.0 Å². The molecule has 0 amide bonds. The van der Waals surface area contributed by atoms with Gasteiger partial charge in [-0.3, -0.25) is 0 Å². The molecule has 3 aromatic rings. The van der Waals surface area contributed by atoms with Crippen molar-refractivity contribution in [2.24, 2.45) is 5.41 Å². The van der Waals surface area contributed by atoms with E-state index in [1.165, 1.54) is 23.1 Å². The van der Waals surface area contributed by atoms with Crippen molar-refractivity contribution >= 4 is 16.6 Å². The van der Waals surface area contributed by atoms with E-state index in [1.54, 1.807) is 0 Å². The lowest BCUT2D eigenvalue weighted by Gasteiger charge is -2.33. The van der Waals surface area contributed by atoms with Gasteiger partial charge >= 0.3 is 0 Å². The molecule has 5 heteroatoms. The highest BCUT2D eigenvalue weighted by Crippen LogP contribution is 2.41. The van der Waals surface area contributed by atoms with Crippen LogP contribution in [-0.4, -0.2) is 28.4 Å². The minimum absolute atomic E-state index is 0.117. The number of ether oxygens (including phenoxy) is 1. The summed E-state index contributed by atoms with van der Waals surface area (Å²) in [6.45, 7) is 5.56. The van der Waals surface area contributed by atoms with E-state index in [4.69, 9.17) is 9.84 Å². The molecule has 0 radical (unpaired) electrons. The van der Waals surface area contributed by atoms with Crippen LogP contribution in [0.15, 0.2) is 24.3 Å². The predicted molar refractivity (Wildman–Crippen MR) is 104 cm³/mol. The minimum atomic E-state index is 0.117. The van der Waals surface area contributed by atoms with Gasteiger partial charge in [0, 0.05) is 41.3 Å². The van der Waals surface area contributed by atoms with Gasteiger partial charge in [0.05, 0.1) is 12.3 Å². The molecular formula is C21H26N4O. The third kappa shape index (κ3) is 2.45. The largest absolute Gasteiger partial charge is 0.388 e. The van der Waals surface area contributed by atoms with Crippen LogP contribution in [0.5, 0.6) is 0 Å². The molecule has 0 spiro atoms. The Morgan fingerprint density at radius 2 is 2.15 bits per heavy atom. The van der Waals surface area contributed by atoms with E-state index in [1.807, 2.05) is 7.05 Å². The molecule has 1 aliphatic carbocycles. The maximum absolute atomic E-state index is 5.77. The molecule has 136 valence electrons. The average molecular weight is 350 g/mol. The van der Waals surface area contributed by atoms with E-state index in [0.717, 1.165) is 48.5 Å². The van der Waals surface area contributed by atoms with Crippen LogP contribution in [0.4, 0.5) is 5.69 Å². The SMILES string of the molecule is CNc1ccc2cc(-c3nn(C4CCO4)c4c3CCC(C)(C)C4)[nH]c2c1. The zero-order chi connectivity index (χ0) is 17.9. The molecule has 2 aromatic heterocycles. The fraction of sp³-hybridized carbons (Fsp3) is 0.476. The van der Waals surface area contributed by atoms with Gasteiger partial charge in [0.15, 0.2) is 6.23 Å². The number of aromatic amines is 1. The lowest BCUT2D eigenvalue weighted by atomic mass is 9.76. The Labute approximate surface area is 153 Å². The molecule has 1 saturated heterocycles. The second kappa shape index (κ2) is 5.61. The van der Waals surface area contributed by atoms with Gasteiger partial charge in [0.2, 0.25) is 0 Å². The van der Waals surface area contributed by atoms with Crippen molar-refractivity contribution in [1.82, 2.24) is 14.8 Å². The number of rotatable bonds is 3. The summed E-state index contributed by atoms with van der Waals surface area (Å²) in [5.74, 6) is 0. The van der Waals surface area contributed by atoms with E-state index in [9.17, 15) is 0 Å². The fourth-order valence-electron chi connectivity index (χ4n) is 4.24. The standard InChI is InChI=1S/C21H26N4O/c1-21(2)8-6-15-18(12-21)25(19-7-9-26-19)24-20(15)17-10-13-4-5-14(22-3)11-16(13)23-17/h4-5,10-11,19,22-23H,6-9,12H2,1-3H3. The number of H-pyrrole nitrogens is 1. The van der Waals surface area contributed by atoms with Crippen LogP contribution in [0.2, 0.25) is 0 Å². The summed E-state index contributed by atoms with van der Waals surface area (Å²) in [4.78, 5) is 3.59. The Balaban J connectivity index is 1.64. The Kier molecular flexibility index (Phi) is 3.44. The van der Waals surface area contributed by atoms with Crippen molar-refractivity contribution in [2.45, 2.75) is 45.8 Å². The number of aromatic nitrogens is 3. The van der Waals surface area contributed by atoms with Crippen LogP contribution < -0.4 is 5.32 Å². The van der Waals surface area contributed by atoms with Gasteiger partial charge in [-0.1, -0.05) is 19.9 Å². The molecule has 3 heterocycles. The number of hydrogen-bond acceptors (Lipinski definition) is 3. The topological polar surface area (TPSA) is 54.9 Å². The summed E-state index contributed by atoms with van der Waals surface area (Å²) in [6, 6.07) is 8.64. The molecule has 5 nitrogen and oxygen atoms in total. The third-order valence-electron chi connectivity index (χ3n) is 5.93. The molecular weight excluding hydrogens is 324 g/mol. The fourth-order valence-corrected chi connectivity index (χ4v) is 4.24. The summed E-state index contributed by atoms with van der Waals surface area (Å²) in [5.41, 5.74) is 7.58. The Morgan fingerprint density at radius 1 is 1.31 bits per heavy atom. The molecule has 2 aliphatic rings. The van der Waals surface area contributed by atoms with Crippen LogP contribution in [0, 0.1) is 5.41 Å². The van der Waals surface area contributed by atoms with Crippen molar-refractivity contribution in [3.63, 3.8) is 0 Å². The van der Waals surface area contributed by atoms with Gasteiger partial charge in [0.25, 0.3) is 0 Å². The second-order valence-corrected chi connectivity index (χ2v) is 8.41. The summed E-state index contributed by atoms with van der Waals surface area (Å²) in [7, 11) is 1.95. The number of benzene rings is 1. The number of anilines is 1. The summed E-state index contributed by atoms with van der Waals surface area (Å²) >= 11 is 0. The molecule has 2 N–H and O–H groups in total. The van der Waals surface area contributed by atoms with E-state index < -0.39 is 0 Å². The highest BCUT2D eigenvalue weighted by Gasteiger charge is 2.35. The summed E-state index contributed by atoms with van der Waals surface area (Å²) < 4.78 is 7.94. The van der Waals surface area contributed by atoms with Gasteiger partial charge < -0.3 is 15.0 Å². The van der Waals surface area contributed by atoms with Gasteiger partial charge in [-0.15, -0.1) is 0 Å². The monoisotopic (exact) mass is 350 g/mol. The molecule has 26 heavy (non-hydrogen) atoms. The zero-order valence-corrected chi connectivity index (χ0v) is 15.7. The molecule has 1 aliphatic heterocycles. The first-order valence-electron chi connectivity index (χ1n) is 9.57. The quantitative estimate of drug-likeness (QED) is 0.731. The number of fused-ring (bicyclic) bond motifs is 2. The van der Waals surface area contributed by atoms with E-state index >= 15 is 0 Å². The van der Waals surface area contributed by atoms with Crippen LogP contribution in [0.25, 0.3) is 22.3 Å². The number of nitrogens with zero attached hydrogens (tertiary/aromatic N) is 2. The van der Waals surface area contributed by atoms with Gasteiger partial charge in [-0.25, -0.2) is 4.68 Å². The predicted octanol–water partition coefficient (Wildman–Crippen LogP) is 4.51. The molecule has 1 atom stereocenters. The van der Waals surface area contributed by atoms with Gasteiger partial charge in [0.1, 0.15) is 5.69 Å². The average Bonchev–Trinajstić information content (AvgIpc) is 3.13. The second-order valence-electron chi connectivity index (χ2n) is 8.41. The van der Waals surface area contributed by atoms with Crippen molar-refractivity contribution in [3.8, 4) is 11.4 Å². The third-order valence-corrected chi connectivity index (χ3v) is 5.93. The van der Waals surface area contributed by atoms with Crippen LogP contribution in [-0.2, 0) is 17.6 Å². The van der Waals surface area contributed by atoms with Gasteiger partial charge in [-0.05, 0) is 42.9 Å².